The summed E-state index contributed by atoms with van der Waals surface area (Å²) in [6.07, 6.45) is 3.67. The van der Waals surface area contributed by atoms with Gasteiger partial charge in [0, 0.05) is 24.6 Å². The van der Waals surface area contributed by atoms with Gasteiger partial charge in [0.2, 0.25) is 0 Å². The third-order valence-corrected chi connectivity index (χ3v) is 4.02. The number of nitrogens with zero attached hydrogens (tertiary/aromatic N) is 2. The number of amides is 1. The van der Waals surface area contributed by atoms with Gasteiger partial charge in [-0.1, -0.05) is 12.1 Å². The lowest BCUT2D eigenvalue weighted by atomic mass is 10.1. The van der Waals surface area contributed by atoms with Crippen LogP contribution in [0.4, 0.5) is 4.39 Å². The van der Waals surface area contributed by atoms with Gasteiger partial charge in [-0.25, -0.2) is 4.39 Å². The van der Waals surface area contributed by atoms with E-state index >= 15 is 0 Å². The number of halogens is 1. The van der Waals surface area contributed by atoms with Crippen LogP contribution in [0.2, 0.25) is 0 Å². The third-order valence-electron chi connectivity index (χ3n) is 4.02. The van der Waals surface area contributed by atoms with E-state index in [1.165, 1.54) is 24.3 Å². The largest absolute Gasteiger partial charge is 0.361 e. The maximum Gasteiger partial charge on any atom is 0.254 e. The Balaban J connectivity index is 1.79. The molecule has 2 heterocycles. The Morgan fingerprint density at radius 3 is 2.91 bits per heavy atom. The summed E-state index contributed by atoms with van der Waals surface area (Å²) in [5.74, 6) is 0.441. The second-order valence-corrected chi connectivity index (χ2v) is 5.63. The normalized spacial score (nSPS) is 17.9. The van der Waals surface area contributed by atoms with Gasteiger partial charge < -0.3 is 9.42 Å². The highest BCUT2D eigenvalue weighted by Gasteiger charge is 2.32. The molecule has 0 bridgehead atoms. The van der Waals surface area contributed by atoms with E-state index < -0.39 is 0 Å². The van der Waals surface area contributed by atoms with E-state index in [-0.39, 0.29) is 17.8 Å². The number of carbonyl (C=O) groups excluding carboxylic acids is 1. The highest BCUT2D eigenvalue weighted by Crippen LogP contribution is 2.33. The zero-order valence-electron chi connectivity index (χ0n) is 12.6. The predicted octanol–water partition coefficient (Wildman–Crippen LogP) is 3.74. The summed E-state index contributed by atoms with van der Waals surface area (Å²) < 4.78 is 18.3. The molecule has 1 aromatic carbocycles. The molecular weight excluding hydrogens is 283 g/mol. The molecule has 1 aliphatic rings. The fourth-order valence-corrected chi connectivity index (χ4v) is 2.93. The minimum atomic E-state index is -0.338. The summed E-state index contributed by atoms with van der Waals surface area (Å²) in [5.41, 5.74) is 1.32. The summed E-state index contributed by atoms with van der Waals surface area (Å²) in [5, 5.41) is 4.13. The first-order valence-corrected chi connectivity index (χ1v) is 7.71. The minimum absolute atomic E-state index is 0.0492. The first kappa shape index (κ1) is 14.8. The van der Waals surface area contributed by atoms with Crippen molar-refractivity contribution in [3.8, 4) is 0 Å². The van der Waals surface area contributed by atoms with Crippen LogP contribution < -0.4 is 0 Å². The average molecular weight is 302 g/mol. The molecule has 0 radical (unpaired) electrons. The molecule has 1 aliphatic heterocycles. The molecule has 0 N–H and O–H groups in total. The Morgan fingerprint density at radius 1 is 1.41 bits per heavy atom. The number of benzene rings is 1. The van der Waals surface area contributed by atoms with E-state index in [0.717, 1.165) is 37.1 Å². The van der Waals surface area contributed by atoms with Crippen LogP contribution in [0.1, 0.15) is 54.0 Å². The highest BCUT2D eigenvalue weighted by molar-refractivity contribution is 5.94. The van der Waals surface area contributed by atoms with Gasteiger partial charge in [-0.3, -0.25) is 4.79 Å². The van der Waals surface area contributed by atoms with E-state index in [4.69, 9.17) is 4.52 Å². The average Bonchev–Trinajstić information content (AvgIpc) is 3.16. The number of likely N-dealkylation sites (tertiary alicyclic amines) is 1. The Morgan fingerprint density at radius 2 is 2.18 bits per heavy atom. The van der Waals surface area contributed by atoms with Crippen molar-refractivity contribution in [2.45, 2.75) is 38.6 Å². The van der Waals surface area contributed by atoms with E-state index in [2.05, 4.69) is 12.1 Å². The van der Waals surface area contributed by atoms with Gasteiger partial charge in [0.05, 0.1) is 6.04 Å². The quantitative estimate of drug-likeness (QED) is 0.864. The number of hydrogen-bond acceptors (Lipinski definition) is 3. The molecule has 1 fully saturated rings. The summed E-state index contributed by atoms with van der Waals surface area (Å²) in [7, 11) is 0. The molecule has 1 aromatic heterocycles. The van der Waals surface area contributed by atoms with Crippen LogP contribution in [0.3, 0.4) is 0 Å². The Bertz CT molecular complexity index is 651. The second-order valence-electron chi connectivity index (χ2n) is 5.63. The molecule has 0 saturated carbocycles. The van der Waals surface area contributed by atoms with Crippen LogP contribution in [-0.2, 0) is 6.42 Å². The van der Waals surface area contributed by atoms with Crippen LogP contribution >= 0.6 is 0 Å². The number of aromatic nitrogens is 1. The SMILES string of the molecule is CCCc1cc([C@@H]2CCCN2C(=O)c2ccc(F)cc2)no1. The molecule has 116 valence electrons. The topological polar surface area (TPSA) is 46.3 Å². The molecule has 22 heavy (non-hydrogen) atoms. The van der Waals surface area contributed by atoms with E-state index in [1.807, 2.05) is 6.07 Å². The van der Waals surface area contributed by atoms with Gasteiger partial charge in [-0.15, -0.1) is 0 Å². The van der Waals surface area contributed by atoms with E-state index in [0.29, 0.717) is 12.1 Å². The number of rotatable bonds is 4. The molecule has 4 nitrogen and oxygen atoms in total. The van der Waals surface area contributed by atoms with Gasteiger partial charge in [0.25, 0.3) is 5.91 Å². The standard InChI is InChI=1S/C17H19FN2O2/c1-2-4-14-11-15(19-22-14)16-5-3-10-20(16)17(21)12-6-8-13(18)9-7-12/h6-9,11,16H,2-5,10H2,1H3/t16-/m0/s1. The second kappa shape index (κ2) is 6.30. The smallest absolute Gasteiger partial charge is 0.254 e. The van der Waals surface area contributed by atoms with Crippen molar-refractivity contribution in [3.63, 3.8) is 0 Å². The van der Waals surface area contributed by atoms with Crippen molar-refractivity contribution in [2.75, 3.05) is 6.54 Å². The van der Waals surface area contributed by atoms with E-state index in [1.54, 1.807) is 4.90 Å². The Hall–Kier alpha value is -2.17. The molecule has 0 unspecified atom stereocenters. The van der Waals surface area contributed by atoms with Gasteiger partial charge in [0.1, 0.15) is 17.3 Å². The van der Waals surface area contributed by atoms with E-state index in [9.17, 15) is 9.18 Å². The van der Waals surface area contributed by atoms with Crippen molar-refractivity contribution >= 4 is 5.91 Å². The molecule has 1 atom stereocenters. The van der Waals surface area contributed by atoms with Crippen molar-refractivity contribution < 1.29 is 13.7 Å². The maximum absolute atomic E-state index is 13.0. The van der Waals surface area contributed by atoms with Crippen LogP contribution in [0, 0.1) is 5.82 Å². The minimum Gasteiger partial charge on any atom is -0.361 e. The lowest BCUT2D eigenvalue weighted by molar-refractivity contribution is 0.0731. The summed E-state index contributed by atoms with van der Waals surface area (Å²) in [4.78, 5) is 14.4. The predicted molar refractivity (Wildman–Crippen MR) is 79.9 cm³/mol. The van der Waals surface area contributed by atoms with Crippen molar-refractivity contribution in [1.82, 2.24) is 10.1 Å². The Kier molecular flexibility index (Phi) is 4.22. The van der Waals surface area contributed by atoms with Crippen LogP contribution in [0.25, 0.3) is 0 Å². The maximum atomic E-state index is 13.0. The van der Waals surface area contributed by atoms with Gasteiger partial charge >= 0.3 is 0 Å². The molecule has 0 spiro atoms. The van der Waals surface area contributed by atoms with Crippen LogP contribution in [0.5, 0.6) is 0 Å². The zero-order chi connectivity index (χ0) is 15.5. The van der Waals surface area contributed by atoms with Crippen molar-refractivity contribution in [2.24, 2.45) is 0 Å². The molecule has 0 aliphatic carbocycles. The first-order valence-electron chi connectivity index (χ1n) is 7.71. The lowest BCUT2D eigenvalue weighted by Gasteiger charge is -2.23. The number of carbonyl (C=O) groups is 1. The monoisotopic (exact) mass is 302 g/mol. The van der Waals surface area contributed by atoms with Gasteiger partial charge in [-0.2, -0.15) is 0 Å². The summed E-state index contributed by atoms with van der Waals surface area (Å²) >= 11 is 0. The fourth-order valence-electron chi connectivity index (χ4n) is 2.93. The summed E-state index contributed by atoms with van der Waals surface area (Å²) in [6.45, 7) is 2.78. The number of hydrogen-bond donors (Lipinski definition) is 0. The number of aryl methyl sites for hydroxylation is 1. The molecule has 3 rings (SSSR count). The van der Waals surface area contributed by atoms with Gasteiger partial charge in [-0.05, 0) is 43.5 Å². The molecule has 1 saturated heterocycles. The van der Waals surface area contributed by atoms with Crippen LogP contribution in [0.15, 0.2) is 34.9 Å². The lowest BCUT2D eigenvalue weighted by Crippen LogP contribution is -2.30. The highest BCUT2D eigenvalue weighted by atomic mass is 19.1. The first-order chi connectivity index (χ1) is 10.7. The third kappa shape index (κ3) is 2.89. The zero-order valence-corrected chi connectivity index (χ0v) is 12.6. The van der Waals surface area contributed by atoms with Gasteiger partial charge in [0.15, 0.2) is 0 Å². The molecule has 5 heteroatoms. The molecular formula is C17H19FN2O2. The van der Waals surface area contributed by atoms with Crippen molar-refractivity contribution in [1.29, 1.82) is 0 Å². The van der Waals surface area contributed by atoms with Crippen LogP contribution in [-0.4, -0.2) is 22.5 Å². The fraction of sp³-hybridized carbons (Fsp3) is 0.412. The van der Waals surface area contributed by atoms with Crippen molar-refractivity contribution in [3.05, 3.63) is 53.2 Å². The molecule has 2 aromatic rings. The summed E-state index contributed by atoms with van der Waals surface area (Å²) in [6, 6.07) is 7.58. The molecule has 1 amide bonds. The Labute approximate surface area is 128 Å².